The zero-order chi connectivity index (χ0) is 14.6. The molecule has 0 spiro atoms. The van der Waals surface area contributed by atoms with Crippen molar-refractivity contribution in [2.45, 2.75) is 32.7 Å². The molecule has 20 heavy (non-hydrogen) atoms. The SMILES string of the molecule is C[Si](C)(C)c1ccc(CNCc2ccccc2Br)cc1. The van der Waals surface area contributed by atoms with Crippen molar-refractivity contribution in [3.05, 3.63) is 64.1 Å². The number of nitrogens with one attached hydrogen (secondary N) is 1. The Bertz CT molecular complexity index is 558. The molecule has 1 N–H and O–H groups in total. The molecule has 0 saturated heterocycles. The molecule has 106 valence electrons. The molecule has 0 aliphatic rings. The van der Waals surface area contributed by atoms with Crippen LogP contribution in [0, 0.1) is 0 Å². The van der Waals surface area contributed by atoms with E-state index in [9.17, 15) is 0 Å². The Kier molecular flexibility index (Phi) is 5.19. The predicted molar refractivity (Wildman–Crippen MR) is 94.1 cm³/mol. The van der Waals surface area contributed by atoms with Crippen molar-refractivity contribution < 1.29 is 0 Å². The minimum absolute atomic E-state index is 0.886. The van der Waals surface area contributed by atoms with Gasteiger partial charge in [-0.15, -0.1) is 0 Å². The van der Waals surface area contributed by atoms with E-state index in [4.69, 9.17) is 0 Å². The summed E-state index contributed by atoms with van der Waals surface area (Å²) in [7, 11) is -1.17. The summed E-state index contributed by atoms with van der Waals surface area (Å²) in [4.78, 5) is 0. The second-order valence-corrected chi connectivity index (χ2v) is 12.1. The maximum Gasteiger partial charge on any atom is 0.0775 e. The lowest BCUT2D eigenvalue weighted by atomic mass is 10.2. The highest BCUT2D eigenvalue weighted by molar-refractivity contribution is 9.10. The second-order valence-electron chi connectivity index (χ2n) is 6.14. The zero-order valence-corrected chi connectivity index (χ0v) is 15.0. The van der Waals surface area contributed by atoms with Crippen molar-refractivity contribution in [1.29, 1.82) is 0 Å². The molecule has 0 bridgehead atoms. The summed E-state index contributed by atoms with van der Waals surface area (Å²) in [5.41, 5.74) is 2.64. The topological polar surface area (TPSA) is 12.0 Å². The Hall–Kier alpha value is -0.903. The van der Waals surface area contributed by atoms with E-state index in [2.05, 4.69) is 83.4 Å². The Morgan fingerprint density at radius 1 is 0.900 bits per heavy atom. The molecule has 0 aliphatic heterocycles. The van der Waals surface area contributed by atoms with Gasteiger partial charge in [-0.1, -0.05) is 83.2 Å². The molecule has 2 aromatic rings. The van der Waals surface area contributed by atoms with Gasteiger partial charge in [0.15, 0.2) is 0 Å². The van der Waals surface area contributed by atoms with Gasteiger partial charge in [-0.2, -0.15) is 0 Å². The van der Waals surface area contributed by atoms with Gasteiger partial charge in [0.1, 0.15) is 0 Å². The molecule has 2 aromatic carbocycles. The van der Waals surface area contributed by atoms with Crippen molar-refractivity contribution in [2.24, 2.45) is 0 Å². The minimum atomic E-state index is -1.17. The summed E-state index contributed by atoms with van der Waals surface area (Å²) in [5, 5.41) is 5.02. The fourth-order valence-electron chi connectivity index (χ4n) is 2.11. The quantitative estimate of drug-likeness (QED) is 0.795. The Morgan fingerprint density at radius 3 is 2.15 bits per heavy atom. The van der Waals surface area contributed by atoms with E-state index in [0.717, 1.165) is 13.1 Å². The highest BCUT2D eigenvalue weighted by atomic mass is 79.9. The summed E-state index contributed by atoms with van der Waals surface area (Å²) >= 11 is 3.58. The molecular weight excluding hydrogens is 326 g/mol. The van der Waals surface area contributed by atoms with E-state index in [-0.39, 0.29) is 0 Å². The maximum atomic E-state index is 3.58. The van der Waals surface area contributed by atoms with Crippen LogP contribution in [-0.2, 0) is 13.1 Å². The van der Waals surface area contributed by atoms with Gasteiger partial charge in [-0.3, -0.25) is 0 Å². The summed E-state index contributed by atoms with van der Waals surface area (Å²) in [6.45, 7) is 8.94. The molecule has 0 atom stereocenters. The molecular formula is C17H22BrNSi. The van der Waals surface area contributed by atoms with Crippen LogP contribution in [0.1, 0.15) is 11.1 Å². The third kappa shape index (κ3) is 4.30. The first kappa shape index (κ1) is 15.5. The first-order valence-electron chi connectivity index (χ1n) is 7.00. The van der Waals surface area contributed by atoms with Gasteiger partial charge in [-0.25, -0.2) is 0 Å². The van der Waals surface area contributed by atoms with Crippen LogP contribution in [0.15, 0.2) is 53.0 Å². The minimum Gasteiger partial charge on any atom is -0.309 e. The van der Waals surface area contributed by atoms with E-state index in [1.807, 2.05) is 6.07 Å². The summed E-state index contributed by atoms with van der Waals surface area (Å²) < 4.78 is 1.17. The van der Waals surface area contributed by atoms with Crippen molar-refractivity contribution >= 4 is 29.2 Å². The lowest BCUT2D eigenvalue weighted by molar-refractivity contribution is 0.692. The number of hydrogen-bond acceptors (Lipinski definition) is 1. The van der Waals surface area contributed by atoms with Gasteiger partial charge in [0.2, 0.25) is 0 Å². The maximum absolute atomic E-state index is 3.58. The van der Waals surface area contributed by atoms with Gasteiger partial charge in [0, 0.05) is 17.6 Å². The lowest BCUT2D eigenvalue weighted by Crippen LogP contribution is -2.37. The highest BCUT2D eigenvalue weighted by Gasteiger charge is 2.15. The van der Waals surface area contributed by atoms with Gasteiger partial charge in [0.25, 0.3) is 0 Å². The van der Waals surface area contributed by atoms with Crippen molar-refractivity contribution in [1.82, 2.24) is 5.32 Å². The molecule has 0 radical (unpaired) electrons. The third-order valence-electron chi connectivity index (χ3n) is 3.42. The number of halogens is 1. The van der Waals surface area contributed by atoms with E-state index >= 15 is 0 Å². The van der Waals surface area contributed by atoms with Gasteiger partial charge in [0.05, 0.1) is 8.07 Å². The number of hydrogen-bond donors (Lipinski definition) is 1. The molecule has 2 rings (SSSR count). The van der Waals surface area contributed by atoms with Crippen LogP contribution in [0.4, 0.5) is 0 Å². The standard InChI is InChI=1S/C17H22BrNSi/c1-20(2,3)16-10-8-14(9-11-16)12-19-13-15-6-4-5-7-17(15)18/h4-11,19H,12-13H2,1-3H3. The van der Waals surface area contributed by atoms with E-state index in [1.165, 1.54) is 20.8 Å². The highest BCUT2D eigenvalue weighted by Crippen LogP contribution is 2.15. The summed E-state index contributed by atoms with van der Waals surface area (Å²) in [6, 6.07) is 17.4. The Morgan fingerprint density at radius 2 is 1.55 bits per heavy atom. The van der Waals surface area contributed by atoms with Crippen LogP contribution in [0.5, 0.6) is 0 Å². The number of benzene rings is 2. The van der Waals surface area contributed by atoms with Gasteiger partial charge in [-0.05, 0) is 17.2 Å². The van der Waals surface area contributed by atoms with Gasteiger partial charge >= 0.3 is 0 Å². The summed E-state index contributed by atoms with van der Waals surface area (Å²) in [6.07, 6.45) is 0. The van der Waals surface area contributed by atoms with E-state index in [0.29, 0.717) is 0 Å². The second kappa shape index (κ2) is 6.70. The molecule has 3 heteroatoms. The van der Waals surface area contributed by atoms with Crippen LogP contribution < -0.4 is 10.5 Å². The molecule has 0 fully saturated rings. The summed E-state index contributed by atoms with van der Waals surface area (Å²) in [5.74, 6) is 0. The Labute approximate surface area is 131 Å². The van der Waals surface area contributed by atoms with Gasteiger partial charge < -0.3 is 5.32 Å². The average molecular weight is 348 g/mol. The van der Waals surface area contributed by atoms with Crippen LogP contribution in [0.2, 0.25) is 19.6 Å². The average Bonchev–Trinajstić information content (AvgIpc) is 2.40. The zero-order valence-electron chi connectivity index (χ0n) is 12.4. The molecule has 0 aromatic heterocycles. The molecule has 0 amide bonds. The predicted octanol–water partition coefficient (Wildman–Crippen LogP) is 4.28. The lowest BCUT2D eigenvalue weighted by Gasteiger charge is -2.16. The Balaban J connectivity index is 1.90. The fraction of sp³-hybridized carbons (Fsp3) is 0.294. The van der Waals surface area contributed by atoms with E-state index < -0.39 is 8.07 Å². The molecule has 0 aliphatic carbocycles. The fourth-order valence-corrected chi connectivity index (χ4v) is 3.70. The molecule has 0 saturated carbocycles. The van der Waals surface area contributed by atoms with Crippen molar-refractivity contribution in [3.8, 4) is 0 Å². The number of rotatable bonds is 5. The third-order valence-corrected chi connectivity index (χ3v) is 6.26. The van der Waals surface area contributed by atoms with E-state index in [1.54, 1.807) is 0 Å². The van der Waals surface area contributed by atoms with Crippen molar-refractivity contribution in [2.75, 3.05) is 0 Å². The first-order chi connectivity index (χ1) is 9.47. The monoisotopic (exact) mass is 347 g/mol. The normalized spacial score (nSPS) is 11.6. The van der Waals surface area contributed by atoms with Crippen LogP contribution in [0.3, 0.4) is 0 Å². The van der Waals surface area contributed by atoms with Crippen LogP contribution in [-0.4, -0.2) is 8.07 Å². The first-order valence-corrected chi connectivity index (χ1v) is 11.3. The molecule has 0 unspecified atom stereocenters. The molecule has 1 nitrogen and oxygen atoms in total. The van der Waals surface area contributed by atoms with Crippen molar-refractivity contribution in [3.63, 3.8) is 0 Å². The van der Waals surface area contributed by atoms with Crippen LogP contribution in [0.25, 0.3) is 0 Å². The smallest absolute Gasteiger partial charge is 0.0775 e. The molecule has 0 heterocycles. The van der Waals surface area contributed by atoms with Crippen LogP contribution >= 0.6 is 15.9 Å². The largest absolute Gasteiger partial charge is 0.309 e.